The van der Waals surface area contributed by atoms with Crippen LogP contribution in [0.3, 0.4) is 0 Å². The summed E-state index contributed by atoms with van der Waals surface area (Å²) in [5.41, 5.74) is 6.39. The van der Waals surface area contributed by atoms with Gasteiger partial charge in [0.25, 0.3) is 5.91 Å². The number of benzene rings is 2. The van der Waals surface area contributed by atoms with Crippen molar-refractivity contribution in [1.29, 1.82) is 0 Å². The maximum absolute atomic E-state index is 11.2. The number of fused-ring (bicyclic) bond motifs is 1. The lowest BCUT2D eigenvalue weighted by Crippen LogP contribution is -2.18. The first-order chi connectivity index (χ1) is 15.0. The molecule has 0 saturated carbocycles. The van der Waals surface area contributed by atoms with E-state index in [0.717, 1.165) is 28.8 Å². The van der Waals surface area contributed by atoms with Crippen LogP contribution in [0.4, 0.5) is 0 Å². The Bertz CT molecular complexity index is 1210. The molecule has 0 aliphatic rings. The fourth-order valence-electron chi connectivity index (χ4n) is 3.66. The van der Waals surface area contributed by atoms with Crippen molar-refractivity contribution in [1.82, 2.24) is 30.4 Å². The Morgan fingerprint density at radius 2 is 2.00 bits per heavy atom. The van der Waals surface area contributed by atoms with Gasteiger partial charge in [-0.1, -0.05) is 61.5 Å². The average molecular weight is 416 g/mol. The van der Waals surface area contributed by atoms with Crippen LogP contribution in [0.1, 0.15) is 42.5 Å². The number of rotatable bonds is 7. The Hall–Kier alpha value is -3.78. The lowest BCUT2D eigenvalue weighted by molar-refractivity contribution is -0.124. The van der Waals surface area contributed by atoms with Gasteiger partial charge in [0, 0.05) is 6.08 Å². The highest BCUT2D eigenvalue weighted by molar-refractivity contribution is 5.90. The molecule has 0 fully saturated rings. The highest BCUT2D eigenvalue weighted by Gasteiger charge is 2.23. The minimum atomic E-state index is -0.627. The van der Waals surface area contributed by atoms with Crippen LogP contribution in [0.15, 0.2) is 60.8 Å². The van der Waals surface area contributed by atoms with E-state index in [1.54, 1.807) is 16.4 Å². The van der Waals surface area contributed by atoms with Crippen molar-refractivity contribution in [2.45, 2.75) is 26.3 Å². The second kappa shape index (κ2) is 8.93. The molecule has 8 nitrogen and oxygen atoms in total. The van der Waals surface area contributed by atoms with Gasteiger partial charge < -0.3 is 4.98 Å². The summed E-state index contributed by atoms with van der Waals surface area (Å²) in [6, 6.07) is 16.4. The van der Waals surface area contributed by atoms with E-state index in [1.807, 2.05) is 30.3 Å². The molecular weight excluding hydrogens is 392 g/mol. The number of imidazole rings is 1. The van der Waals surface area contributed by atoms with Crippen LogP contribution in [0, 0.1) is 5.92 Å². The molecule has 3 N–H and O–H groups in total. The number of amides is 1. The van der Waals surface area contributed by atoms with Crippen LogP contribution in [-0.2, 0) is 11.2 Å². The van der Waals surface area contributed by atoms with E-state index >= 15 is 0 Å². The van der Waals surface area contributed by atoms with Crippen LogP contribution in [0.25, 0.3) is 17.1 Å². The second-order valence-electron chi connectivity index (χ2n) is 7.72. The molecule has 158 valence electrons. The van der Waals surface area contributed by atoms with Crippen molar-refractivity contribution in [2.75, 3.05) is 0 Å². The normalized spacial score (nSPS) is 12.6. The Kier molecular flexibility index (Phi) is 5.90. The van der Waals surface area contributed by atoms with E-state index in [1.165, 1.54) is 17.7 Å². The predicted octanol–water partition coefficient (Wildman–Crippen LogP) is 3.51. The summed E-state index contributed by atoms with van der Waals surface area (Å²) in [6.07, 6.45) is 5.24. The monoisotopic (exact) mass is 416 g/mol. The third-order valence-electron chi connectivity index (χ3n) is 5.09. The summed E-state index contributed by atoms with van der Waals surface area (Å²) in [7, 11) is 0. The van der Waals surface area contributed by atoms with Crippen molar-refractivity contribution >= 4 is 23.0 Å². The molecule has 0 saturated heterocycles. The van der Waals surface area contributed by atoms with Gasteiger partial charge in [-0.2, -0.15) is 0 Å². The zero-order chi connectivity index (χ0) is 21.8. The molecule has 0 bridgehead atoms. The van der Waals surface area contributed by atoms with Crippen LogP contribution in [-0.4, -0.2) is 36.1 Å². The summed E-state index contributed by atoms with van der Waals surface area (Å²) in [5.74, 6) is 0.370. The minimum absolute atomic E-state index is 0.154. The number of para-hydroxylation sites is 1. The number of hydrogen-bond acceptors (Lipinski definition) is 5. The second-order valence-corrected chi connectivity index (χ2v) is 7.72. The zero-order valence-corrected chi connectivity index (χ0v) is 17.4. The number of nitrogens with one attached hydrogen (secondary N) is 2. The largest absolute Gasteiger partial charge is 0.340 e. The molecule has 0 radical (unpaired) electrons. The van der Waals surface area contributed by atoms with Crippen LogP contribution >= 0.6 is 0 Å². The van der Waals surface area contributed by atoms with E-state index in [9.17, 15) is 4.79 Å². The Labute approximate surface area is 179 Å². The van der Waals surface area contributed by atoms with Gasteiger partial charge in [-0.15, -0.1) is 5.10 Å². The summed E-state index contributed by atoms with van der Waals surface area (Å²) >= 11 is 0. The number of carbonyl (C=O) groups is 1. The SMILES string of the molecule is CC(C)C(c1nc2c(Cc3ccccc3)cccc2[nH]1)n1cc(/C=C/C(=O)NO)nn1. The summed E-state index contributed by atoms with van der Waals surface area (Å²) in [4.78, 5) is 19.6. The Balaban J connectivity index is 1.67. The van der Waals surface area contributed by atoms with E-state index in [-0.39, 0.29) is 12.0 Å². The van der Waals surface area contributed by atoms with Crippen LogP contribution in [0.2, 0.25) is 0 Å². The fourth-order valence-corrected chi connectivity index (χ4v) is 3.66. The molecule has 2 aromatic heterocycles. The molecule has 1 amide bonds. The number of carbonyl (C=O) groups excluding carboxylic acids is 1. The number of nitrogens with zero attached hydrogens (tertiary/aromatic N) is 4. The van der Waals surface area contributed by atoms with Gasteiger partial charge in [0.15, 0.2) is 0 Å². The van der Waals surface area contributed by atoms with Gasteiger partial charge in [-0.05, 0) is 35.6 Å². The van der Waals surface area contributed by atoms with Gasteiger partial charge in [0.2, 0.25) is 0 Å². The molecule has 4 aromatic rings. The highest BCUT2D eigenvalue weighted by atomic mass is 16.5. The Morgan fingerprint density at radius 1 is 1.19 bits per heavy atom. The van der Waals surface area contributed by atoms with Crippen molar-refractivity contribution < 1.29 is 10.0 Å². The third-order valence-corrected chi connectivity index (χ3v) is 5.09. The molecule has 1 unspecified atom stereocenters. The topological polar surface area (TPSA) is 109 Å². The number of H-pyrrole nitrogens is 1. The quantitative estimate of drug-likeness (QED) is 0.243. The molecule has 1 atom stereocenters. The number of aromatic amines is 1. The fraction of sp³-hybridized carbons (Fsp3) is 0.217. The summed E-state index contributed by atoms with van der Waals surface area (Å²) < 4.78 is 1.75. The first-order valence-electron chi connectivity index (χ1n) is 10.1. The first kappa shape index (κ1) is 20.5. The molecule has 0 aliphatic carbocycles. The molecule has 2 aromatic carbocycles. The van der Waals surface area contributed by atoms with Crippen molar-refractivity contribution in [3.8, 4) is 0 Å². The van der Waals surface area contributed by atoms with Crippen LogP contribution in [0.5, 0.6) is 0 Å². The van der Waals surface area contributed by atoms with Crippen molar-refractivity contribution in [3.63, 3.8) is 0 Å². The molecule has 0 aliphatic heterocycles. The first-order valence-corrected chi connectivity index (χ1v) is 10.1. The smallest absolute Gasteiger partial charge is 0.267 e. The zero-order valence-electron chi connectivity index (χ0n) is 17.4. The summed E-state index contributed by atoms with van der Waals surface area (Å²) in [6.45, 7) is 4.19. The van der Waals surface area contributed by atoms with E-state index in [0.29, 0.717) is 5.69 Å². The van der Waals surface area contributed by atoms with Gasteiger partial charge in [-0.25, -0.2) is 15.1 Å². The van der Waals surface area contributed by atoms with Crippen molar-refractivity contribution in [2.24, 2.45) is 5.92 Å². The lowest BCUT2D eigenvalue weighted by Gasteiger charge is -2.18. The Morgan fingerprint density at radius 3 is 2.74 bits per heavy atom. The lowest BCUT2D eigenvalue weighted by atomic mass is 10.0. The van der Waals surface area contributed by atoms with Crippen LogP contribution < -0.4 is 5.48 Å². The summed E-state index contributed by atoms with van der Waals surface area (Å²) in [5, 5.41) is 16.9. The van der Waals surface area contributed by atoms with Crippen molar-refractivity contribution in [3.05, 3.63) is 83.4 Å². The molecule has 31 heavy (non-hydrogen) atoms. The van der Waals surface area contributed by atoms with E-state index in [4.69, 9.17) is 10.2 Å². The average Bonchev–Trinajstić information content (AvgIpc) is 3.40. The van der Waals surface area contributed by atoms with E-state index < -0.39 is 5.91 Å². The van der Waals surface area contributed by atoms with Gasteiger partial charge in [0.1, 0.15) is 17.6 Å². The minimum Gasteiger partial charge on any atom is -0.340 e. The number of aromatic nitrogens is 5. The molecule has 0 spiro atoms. The molecular formula is C23H24N6O2. The van der Waals surface area contributed by atoms with Gasteiger partial charge in [-0.3, -0.25) is 10.0 Å². The van der Waals surface area contributed by atoms with Gasteiger partial charge in [0.05, 0.1) is 17.2 Å². The van der Waals surface area contributed by atoms with E-state index in [2.05, 4.69) is 47.3 Å². The highest BCUT2D eigenvalue weighted by Crippen LogP contribution is 2.28. The number of hydrogen-bond donors (Lipinski definition) is 3. The maximum atomic E-state index is 11.2. The third kappa shape index (κ3) is 4.54. The molecule has 4 rings (SSSR count). The maximum Gasteiger partial charge on any atom is 0.267 e. The number of hydroxylamine groups is 1. The predicted molar refractivity (Wildman–Crippen MR) is 117 cm³/mol. The molecule has 8 heteroatoms. The molecule has 2 heterocycles. The standard InChI is InChI=1S/C23H24N6O2/c1-15(2)22(29-14-18(26-28-29)11-12-20(30)27-31)23-24-19-10-6-9-17(21(19)25-23)13-16-7-4-3-5-8-16/h3-12,14-15,22,31H,13H2,1-2H3,(H,24,25)(H,27,30)/b12-11+. The van der Waals surface area contributed by atoms with Gasteiger partial charge >= 0.3 is 0 Å².